The Bertz CT molecular complexity index is 731. The number of nitrogens with one attached hydrogen (secondary N) is 2. The average molecular weight is 392 g/mol. The lowest BCUT2D eigenvalue weighted by Crippen LogP contribution is -2.29. The molecule has 2 aromatic rings. The molecule has 1 aliphatic carbocycles. The van der Waals surface area contributed by atoms with Gasteiger partial charge in [0.2, 0.25) is 5.91 Å². The van der Waals surface area contributed by atoms with Crippen LogP contribution in [-0.2, 0) is 11.0 Å². The zero-order valence-corrected chi connectivity index (χ0v) is 14.7. The lowest BCUT2D eigenvalue weighted by Gasteiger charge is -2.10. The van der Waals surface area contributed by atoms with Crippen molar-refractivity contribution in [2.75, 3.05) is 18.4 Å². The van der Waals surface area contributed by atoms with Crippen LogP contribution in [0, 0.1) is 5.92 Å². The zero-order valence-electron chi connectivity index (χ0n) is 13.1. The molecule has 1 amide bonds. The monoisotopic (exact) mass is 391 g/mol. The van der Waals surface area contributed by atoms with E-state index in [4.69, 9.17) is 0 Å². The molecule has 4 nitrogen and oxygen atoms in total. The highest BCUT2D eigenvalue weighted by atomic mass is 35.5. The molecule has 0 bridgehead atoms. The van der Waals surface area contributed by atoms with Crippen LogP contribution >= 0.6 is 23.7 Å². The summed E-state index contributed by atoms with van der Waals surface area (Å²) in [7, 11) is 0. The number of halogens is 4. The number of rotatable bonds is 6. The van der Waals surface area contributed by atoms with Crippen LogP contribution in [0.25, 0.3) is 11.3 Å². The fourth-order valence-corrected chi connectivity index (χ4v) is 3.01. The molecule has 1 fully saturated rings. The van der Waals surface area contributed by atoms with Crippen molar-refractivity contribution in [1.82, 2.24) is 10.3 Å². The highest BCUT2D eigenvalue weighted by Crippen LogP contribution is 2.37. The van der Waals surface area contributed by atoms with Gasteiger partial charge >= 0.3 is 6.18 Å². The third-order valence-electron chi connectivity index (χ3n) is 3.67. The second-order valence-electron chi connectivity index (χ2n) is 5.70. The molecule has 0 spiro atoms. The summed E-state index contributed by atoms with van der Waals surface area (Å²) in [5.74, 6) is 0.420. The molecule has 2 N–H and O–H groups in total. The van der Waals surface area contributed by atoms with Crippen molar-refractivity contribution in [3.8, 4) is 11.3 Å². The van der Waals surface area contributed by atoms with Crippen LogP contribution in [0.15, 0.2) is 29.6 Å². The lowest BCUT2D eigenvalue weighted by atomic mass is 10.1. The van der Waals surface area contributed by atoms with E-state index in [9.17, 15) is 18.0 Å². The SMILES string of the molecule is Cl.O=C(CNCC1CC1)Nc1nc(-c2ccccc2C(F)(F)F)cs1. The summed E-state index contributed by atoms with van der Waals surface area (Å²) in [6, 6.07) is 5.27. The largest absolute Gasteiger partial charge is 0.417 e. The number of hydrogen-bond donors (Lipinski definition) is 2. The van der Waals surface area contributed by atoms with Gasteiger partial charge in [0.1, 0.15) is 0 Å². The van der Waals surface area contributed by atoms with Crippen LogP contribution in [0.1, 0.15) is 18.4 Å². The molecular formula is C16H17ClF3N3OS. The third kappa shape index (κ3) is 5.42. The van der Waals surface area contributed by atoms with Crippen LogP contribution < -0.4 is 10.6 Å². The van der Waals surface area contributed by atoms with E-state index in [2.05, 4.69) is 15.6 Å². The van der Waals surface area contributed by atoms with Gasteiger partial charge in [0.15, 0.2) is 5.13 Å². The highest BCUT2D eigenvalue weighted by molar-refractivity contribution is 7.14. The van der Waals surface area contributed by atoms with Gasteiger partial charge in [-0.2, -0.15) is 13.2 Å². The molecule has 9 heteroatoms. The Hall–Kier alpha value is -1.64. The fraction of sp³-hybridized carbons (Fsp3) is 0.375. The Kier molecular flexibility index (Phi) is 6.42. The fourth-order valence-electron chi connectivity index (χ4n) is 2.28. The van der Waals surface area contributed by atoms with Gasteiger partial charge in [0.05, 0.1) is 17.8 Å². The molecule has 1 heterocycles. The minimum absolute atomic E-state index is 0. The van der Waals surface area contributed by atoms with E-state index in [0.717, 1.165) is 23.9 Å². The molecule has 0 unspecified atom stereocenters. The summed E-state index contributed by atoms with van der Waals surface area (Å²) in [6.07, 6.45) is -2.05. The number of carbonyl (C=O) groups excluding carboxylic acids is 1. The molecule has 3 rings (SSSR count). The lowest BCUT2D eigenvalue weighted by molar-refractivity contribution is -0.137. The molecule has 0 aliphatic heterocycles. The van der Waals surface area contributed by atoms with E-state index in [1.165, 1.54) is 36.4 Å². The van der Waals surface area contributed by atoms with E-state index >= 15 is 0 Å². The molecule has 0 atom stereocenters. The second-order valence-corrected chi connectivity index (χ2v) is 6.56. The van der Waals surface area contributed by atoms with Crippen LogP contribution in [0.2, 0.25) is 0 Å². The van der Waals surface area contributed by atoms with Gasteiger partial charge in [-0.1, -0.05) is 18.2 Å². The third-order valence-corrected chi connectivity index (χ3v) is 4.43. The predicted octanol–water partition coefficient (Wildman–Crippen LogP) is 4.19. The van der Waals surface area contributed by atoms with E-state index in [1.54, 1.807) is 0 Å². The summed E-state index contributed by atoms with van der Waals surface area (Å²) in [6.45, 7) is 0.986. The molecule has 1 saturated carbocycles. The summed E-state index contributed by atoms with van der Waals surface area (Å²) < 4.78 is 39.2. The molecule has 0 saturated heterocycles. The molecule has 25 heavy (non-hydrogen) atoms. The number of hydrogen-bond acceptors (Lipinski definition) is 4. The molecule has 1 aromatic carbocycles. The van der Waals surface area contributed by atoms with Crippen LogP contribution in [-0.4, -0.2) is 24.0 Å². The molecule has 1 aliphatic rings. The minimum Gasteiger partial charge on any atom is -0.308 e. The number of alkyl halides is 3. The van der Waals surface area contributed by atoms with Crippen LogP contribution in [0.4, 0.5) is 18.3 Å². The van der Waals surface area contributed by atoms with Gasteiger partial charge in [0, 0.05) is 10.9 Å². The Labute approximate surface area is 153 Å². The Morgan fingerprint density at radius 2 is 2.00 bits per heavy atom. The van der Waals surface area contributed by atoms with Gasteiger partial charge in [0.25, 0.3) is 0 Å². The smallest absolute Gasteiger partial charge is 0.308 e. The first kappa shape index (κ1) is 19.7. The van der Waals surface area contributed by atoms with Gasteiger partial charge in [-0.3, -0.25) is 4.79 Å². The van der Waals surface area contributed by atoms with Crippen molar-refractivity contribution in [2.45, 2.75) is 19.0 Å². The van der Waals surface area contributed by atoms with Crippen LogP contribution in [0.3, 0.4) is 0 Å². The number of thiazole rings is 1. The van der Waals surface area contributed by atoms with Crippen molar-refractivity contribution in [3.05, 3.63) is 35.2 Å². The number of carbonyl (C=O) groups is 1. The maximum atomic E-state index is 13.1. The topological polar surface area (TPSA) is 54.0 Å². The van der Waals surface area contributed by atoms with E-state index < -0.39 is 11.7 Å². The Balaban J connectivity index is 0.00000225. The summed E-state index contributed by atoms with van der Waals surface area (Å²) in [5.41, 5.74) is -0.526. The van der Waals surface area contributed by atoms with Gasteiger partial charge in [-0.05, 0) is 31.4 Å². The summed E-state index contributed by atoms with van der Waals surface area (Å²) >= 11 is 1.11. The molecular weight excluding hydrogens is 375 g/mol. The zero-order chi connectivity index (χ0) is 17.2. The Morgan fingerprint density at radius 3 is 2.68 bits per heavy atom. The molecule has 0 radical (unpaired) electrons. The maximum absolute atomic E-state index is 13.1. The quantitative estimate of drug-likeness (QED) is 0.776. The van der Waals surface area contributed by atoms with E-state index in [0.29, 0.717) is 11.0 Å². The van der Waals surface area contributed by atoms with Crippen molar-refractivity contribution in [3.63, 3.8) is 0 Å². The number of amides is 1. The normalized spacial score (nSPS) is 14.0. The van der Waals surface area contributed by atoms with E-state index in [-0.39, 0.29) is 36.1 Å². The average Bonchev–Trinajstić information content (AvgIpc) is 3.23. The van der Waals surface area contributed by atoms with Crippen molar-refractivity contribution >= 4 is 34.8 Å². The van der Waals surface area contributed by atoms with Gasteiger partial charge in [-0.15, -0.1) is 23.7 Å². The first-order chi connectivity index (χ1) is 11.4. The molecule has 136 valence electrons. The van der Waals surface area contributed by atoms with Gasteiger partial charge < -0.3 is 10.6 Å². The summed E-state index contributed by atoms with van der Waals surface area (Å²) in [4.78, 5) is 15.9. The molecule has 1 aromatic heterocycles. The van der Waals surface area contributed by atoms with Crippen LogP contribution in [0.5, 0.6) is 0 Å². The second kappa shape index (κ2) is 8.16. The highest BCUT2D eigenvalue weighted by Gasteiger charge is 2.33. The Morgan fingerprint density at radius 1 is 1.28 bits per heavy atom. The number of benzene rings is 1. The first-order valence-electron chi connectivity index (χ1n) is 7.56. The van der Waals surface area contributed by atoms with E-state index in [1.807, 2.05) is 0 Å². The number of anilines is 1. The number of aromatic nitrogens is 1. The van der Waals surface area contributed by atoms with Crippen molar-refractivity contribution < 1.29 is 18.0 Å². The number of nitrogens with zero attached hydrogens (tertiary/aromatic N) is 1. The van der Waals surface area contributed by atoms with Crippen molar-refractivity contribution in [2.24, 2.45) is 5.92 Å². The summed E-state index contributed by atoms with van der Waals surface area (Å²) in [5, 5.41) is 7.46. The standard InChI is InChI=1S/C16H16F3N3OS.ClH/c17-16(18,19)12-4-2-1-3-11(12)13-9-24-15(21-13)22-14(23)8-20-7-10-5-6-10;/h1-4,9-10,20H,5-8H2,(H,21,22,23);1H. The first-order valence-corrected chi connectivity index (χ1v) is 8.44. The minimum atomic E-state index is -4.45. The van der Waals surface area contributed by atoms with Crippen molar-refractivity contribution in [1.29, 1.82) is 0 Å². The maximum Gasteiger partial charge on any atom is 0.417 e. The predicted molar refractivity (Wildman–Crippen MR) is 94.0 cm³/mol. The van der Waals surface area contributed by atoms with Gasteiger partial charge in [-0.25, -0.2) is 4.98 Å².